The number of phosphoric acid groups is 2. The topological polar surface area (TPSA) is 308 Å². The summed E-state index contributed by atoms with van der Waals surface area (Å²) in [7, 11) is -9.86. The van der Waals surface area contributed by atoms with Gasteiger partial charge >= 0.3 is 15.6 Å². The lowest BCUT2D eigenvalue weighted by molar-refractivity contribution is -0.0671. The van der Waals surface area contributed by atoms with Crippen molar-refractivity contribution in [1.82, 2.24) is 29.1 Å². The van der Waals surface area contributed by atoms with Crippen molar-refractivity contribution in [2.75, 3.05) is 24.3 Å². The number of nitrogens with zero attached hydrogens (tertiary/aromatic N) is 6. The van der Waals surface area contributed by atoms with Gasteiger partial charge in [0.05, 0.1) is 32.2 Å². The van der Waals surface area contributed by atoms with Gasteiger partial charge in [-0.05, 0) is 0 Å². The molecule has 3 aromatic rings. The van der Waals surface area contributed by atoms with Crippen LogP contribution in [0.25, 0.3) is 11.2 Å². The Morgan fingerprint density at radius 1 is 1.00 bits per heavy atom. The molecule has 3 fully saturated rings. The van der Waals surface area contributed by atoms with Crippen LogP contribution in [0.1, 0.15) is 30.7 Å². The van der Waals surface area contributed by atoms with E-state index in [4.69, 9.17) is 39.0 Å². The minimum absolute atomic E-state index is 0.0361. The fourth-order valence-corrected chi connectivity index (χ4v) is 7.28. The van der Waals surface area contributed by atoms with E-state index in [0.29, 0.717) is 11.5 Å². The Labute approximate surface area is 245 Å². The predicted molar refractivity (Wildman–Crippen MR) is 144 cm³/mol. The fraction of sp³-hybridized carbons (Fsp3) is 0.550. The first kappa shape index (κ1) is 29.6. The number of hydrogen-bond acceptors (Lipinski definition) is 17. The number of nitrogen functional groups attached to an aromatic ring is 1. The van der Waals surface area contributed by atoms with Crippen LogP contribution in [0.5, 0.6) is 0 Å². The summed E-state index contributed by atoms with van der Waals surface area (Å²) in [6.07, 6.45) is -6.23. The summed E-state index contributed by atoms with van der Waals surface area (Å²) in [6, 6.07) is 0. The monoisotopic (exact) mass is 660 g/mol. The molecule has 0 amide bonds. The molecule has 7 heterocycles. The molecule has 10 atom stereocenters. The second-order valence-electron chi connectivity index (χ2n) is 10.2. The van der Waals surface area contributed by atoms with Crippen molar-refractivity contribution in [1.29, 1.82) is 0 Å². The van der Waals surface area contributed by atoms with Gasteiger partial charge in [-0.3, -0.25) is 42.0 Å². The van der Waals surface area contributed by atoms with Gasteiger partial charge in [0, 0.05) is 6.42 Å². The first-order valence-corrected chi connectivity index (χ1v) is 16.0. The molecule has 3 aromatic heterocycles. The third kappa shape index (κ3) is 5.27. The van der Waals surface area contributed by atoms with Crippen molar-refractivity contribution in [3.8, 4) is 0 Å². The number of phosphoric ester groups is 2. The molecule has 0 aromatic carbocycles. The van der Waals surface area contributed by atoms with Gasteiger partial charge in [0.2, 0.25) is 5.95 Å². The number of fused-ring (bicyclic) bond motifs is 5. The molecule has 4 aliphatic heterocycles. The van der Waals surface area contributed by atoms with Gasteiger partial charge in [-0.1, -0.05) is 0 Å². The van der Waals surface area contributed by atoms with Crippen LogP contribution in [0, 0.1) is 0 Å². The summed E-state index contributed by atoms with van der Waals surface area (Å²) in [5.41, 5.74) is 11.1. The maximum Gasteiger partial charge on any atom is 0.472 e. The average Bonchev–Trinajstić information content (AvgIpc) is 3.72. The minimum Gasteiger partial charge on any atom is -0.387 e. The molecule has 3 saturated heterocycles. The number of ether oxygens (including phenoxy) is 2. The lowest BCUT2D eigenvalue weighted by Crippen LogP contribution is -2.35. The Hall–Kier alpha value is -3.11. The van der Waals surface area contributed by atoms with Crippen LogP contribution in [0.15, 0.2) is 22.4 Å². The van der Waals surface area contributed by atoms with Crippen molar-refractivity contribution < 1.29 is 51.6 Å². The Balaban J connectivity index is 1.17. The molecule has 24 heteroatoms. The molecule has 7 rings (SSSR count). The van der Waals surface area contributed by atoms with Crippen LogP contribution in [0.2, 0.25) is 0 Å². The molecule has 238 valence electrons. The molecule has 0 saturated carbocycles. The zero-order valence-corrected chi connectivity index (χ0v) is 24.0. The van der Waals surface area contributed by atoms with Gasteiger partial charge < -0.3 is 41.2 Å². The Kier molecular flexibility index (Phi) is 7.23. The fourth-order valence-electron chi connectivity index (χ4n) is 5.38. The summed E-state index contributed by atoms with van der Waals surface area (Å²) in [5, 5.41) is 13.9. The zero-order chi connectivity index (χ0) is 31.0. The number of rotatable bonds is 2. The second kappa shape index (κ2) is 10.8. The molecule has 9 N–H and O–H groups in total. The second-order valence-corrected chi connectivity index (χ2v) is 13.0. The van der Waals surface area contributed by atoms with Crippen LogP contribution in [-0.4, -0.2) is 94.0 Å². The molecule has 0 radical (unpaired) electrons. The van der Waals surface area contributed by atoms with Crippen molar-refractivity contribution in [3.63, 3.8) is 0 Å². The minimum atomic E-state index is -5.00. The molecule has 22 nitrogen and oxygen atoms in total. The van der Waals surface area contributed by atoms with Crippen LogP contribution < -0.4 is 22.3 Å². The summed E-state index contributed by atoms with van der Waals surface area (Å²) < 4.78 is 61.9. The number of aliphatic imine (C=N–C) groups is 1. The highest BCUT2D eigenvalue weighted by Gasteiger charge is 2.52. The van der Waals surface area contributed by atoms with Gasteiger partial charge in [-0.25, -0.2) is 19.1 Å². The lowest BCUT2D eigenvalue weighted by Gasteiger charge is -2.25. The highest BCUT2D eigenvalue weighted by atomic mass is 31.2. The number of aliphatic hydroxyl groups is 1. The third-order valence-corrected chi connectivity index (χ3v) is 9.39. The van der Waals surface area contributed by atoms with Crippen molar-refractivity contribution in [2.45, 2.75) is 55.6 Å². The number of anilines is 2. The molecular weight excluding hydrogens is 634 g/mol. The normalized spacial score (nSPS) is 39.2. The standard InChI is InChI=1S/C20H26N10O12P2/c21-15-11-16(24-4-23-15)29(5-25-11)10-1-7-8(39-10)2-37-44(35,36)42-14-13(31)9(3-38-43(33,34)41-7)40-19(14)30-6-26-12-17(30)27-20(22)28-18(12)32/h4-10,13-15,19,31H,1-3,21H2,(H,23,24)(H,33,34)(H,35,36)(H3,22,27,28,32)/t7?,8-,9-,10-,13?,14+,15?,19-/m1/s1. The highest BCUT2D eigenvalue weighted by Crippen LogP contribution is 2.53. The van der Waals surface area contributed by atoms with Gasteiger partial charge in [-0.2, -0.15) is 4.98 Å². The van der Waals surface area contributed by atoms with E-state index in [0.717, 1.165) is 10.9 Å². The number of imidazole rings is 2. The molecular formula is C20H26N10O12P2. The van der Waals surface area contributed by atoms with E-state index in [1.165, 1.54) is 12.7 Å². The number of aliphatic hydroxyl groups excluding tert-OH is 1. The van der Waals surface area contributed by atoms with Crippen molar-refractivity contribution in [3.05, 3.63) is 28.7 Å². The number of H-pyrrole nitrogens is 1. The maximum atomic E-state index is 13.2. The summed E-state index contributed by atoms with van der Waals surface area (Å²) >= 11 is 0. The average molecular weight is 660 g/mol. The number of nitrogens with two attached hydrogens (primary N) is 2. The van der Waals surface area contributed by atoms with Crippen LogP contribution in [-0.2, 0) is 36.7 Å². The van der Waals surface area contributed by atoms with E-state index in [1.54, 1.807) is 4.57 Å². The van der Waals surface area contributed by atoms with Gasteiger partial charge in [0.1, 0.15) is 54.4 Å². The summed E-state index contributed by atoms with van der Waals surface area (Å²) in [6.45, 7) is -1.37. The third-order valence-electron chi connectivity index (χ3n) is 7.39. The van der Waals surface area contributed by atoms with Crippen molar-refractivity contribution in [2.24, 2.45) is 10.7 Å². The molecule has 5 unspecified atom stereocenters. The van der Waals surface area contributed by atoms with Gasteiger partial charge in [0.15, 0.2) is 17.4 Å². The number of aromatic amines is 1. The Morgan fingerprint density at radius 3 is 2.52 bits per heavy atom. The Morgan fingerprint density at radius 2 is 1.73 bits per heavy atom. The molecule has 4 aliphatic rings. The quantitative estimate of drug-likeness (QED) is 0.155. The summed E-state index contributed by atoms with van der Waals surface area (Å²) in [5.74, 6) is 0.204. The van der Waals surface area contributed by atoms with Crippen molar-refractivity contribution >= 4 is 44.9 Å². The smallest absolute Gasteiger partial charge is 0.387 e. The van der Waals surface area contributed by atoms with E-state index < -0.39 is 83.6 Å². The van der Waals surface area contributed by atoms with Crippen LogP contribution >= 0.6 is 15.6 Å². The first-order valence-electron chi connectivity index (χ1n) is 13.0. The number of aromatic nitrogens is 6. The largest absolute Gasteiger partial charge is 0.472 e. The number of hydrogen-bond donors (Lipinski definition) is 7. The van der Waals surface area contributed by atoms with E-state index in [1.807, 2.05) is 0 Å². The van der Waals surface area contributed by atoms with Crippen LogP contribution in [0.3, 0.4) is 0 Å². The van der Waals surface area contributed by atoms with Crippen LogP contribution in [0.4, 0.5) is 11.8 Å². The molecule has 0 spiro atoms. The zero-order valence-electron chi connectivity index (χ0n) is 22.2. The molecule has 2 bridgehead atoms. The Bertz CT molecular complexity index is 1780. The molecule has 0 aliphatic carbocycles. The highest BCUT2D eigenvalue weighted by molar-refractivity contribution is 7.47. The van der Waals surface area contributed by atoms with Gasteiger partial charge in [-0.15, -0.1) is 0 Å². The first-order chi connectivity index (χ1) is 20.9. The predicted octanol–water partition coefficient (Wildman–Crippen LogP) is -1.43. The number of nitrogens with one attached hydrogen (secondary N) is 2. The van der Waals surface area contributed by atoms with E-state index >= 15 is 0 Å². The lowest BCUT2D eigenvalue weighted by atomic mass is 10.1. The molecule has 44 heavy (non-hydrogen) atoms. The maximum absolute atomic E-state index is 13.2. The SMILES string of the molecule is Nc1nc2c(ncn2[C@@H]2O[C@@H]3COP(=O)(O)OC4C[C@H](n5cnc6c5NC=NC6N)O[C@@H]4COP(=O)(O)O[C@H]2C3O)c(=O)[nH]1. The van der Waals surface area contributed by atoms with Gasteiger partial charge in [0.25, 0.3) is 5.56 Å². The van der Waals surface area contributed by atoms with E-state index in [-0.39, 0.29) is 23.5 Å². The summed E-state index contributed by atoms with van der Waals surface area (Å²) in [4.78, 5) is 52.1. The van der Waals surface area contributed by atoms with E-state index in [9.17, 15) is 28.8 Å². The van der Waals surface area contributed by atoms with E-state index in [2.05, 4.69) is 30.2 Å².